The van der Waals surface area contributed by atoms with Gasteiger partial charge in [-0.15, -0.1) is 11.3 Å². The number of thiophene rings is 1. The Labute approximate surface area is 84.9 Å². The quantitative estimate of drug-likeness (QED) is 0.730. The molecular formula is C9H9NO3S. The van der Waals surface area contributed by atoms with Gasteiger partial charge in [-0.1, -0.05) is 6.07 Å². The van der Waals surface area contributed by atoms with Gasteiger partial charge in [-0.25, -0.2) is 4.79 Å². The maximum atomic E-state index is 11.0. The van der Waals surface area contributed by atoms with Gasteiger partial charge in [0.1, 0.15) is 0 Å². The van der Waals surface area contributed by atoms with Crippen LogP contribution in [0.3, 0.4) is 0 Å². The lowest BCUT2D eigenvalue weighted by Crippen LogP contribution is -2.19. The number of carboxylic acids is 1. The lowest BCUT2D eigenvalue weighted by Gasteiger charge is -1.97. The summed E-state index contributed by atoms with van der Waals surface area (Å²) in [5.74, 6) is -1.53. The first-order chi connectivity index (χ1) is 6.68. The van der Waals surface area contributed by atoms with Crippen molar-refractivity contribution in [2.24, 2.45) is 0 Å². The van der Waals surface area contributed by atoms with Gasteiger partial charge in [0, 0.05) is 17.0 Å². The van der Waals surface area contributed by atoms with Crippen LogP contribution in [-0.4, -0.2) is 17.0 Å². The second-order valence-corrected chi connectivity index (χ2v) is 3.50. The van der Waals surface area contributed by atoms with Crippen LogP contribution >= 0.6 is 11.3 Å². The topological polar surface area (TPSA) is 66.4 Å². The zero-order valence-electron chi connectivity index (χ0n) is 7.27. The van der Waals surface area contributed by atoms with Crippen LogP contribution in [0.1, 0.15) is 4.88 Å². The summed E-state index contributed by atoms with van der Waals surface area (Å²) >= 11 is 1.53. The van der Waals surface area contributed by atoms with Crippen LogP contribution in [0.5, 0.6) is 0 Å². The smallest absolute Gasteiger partial charge is 0.328 e. The summed E-state index contributed by atoms with van der Waals surface area (Å²) in [6.07, 6.45) is 1.81. The third kappa shape index (κ3) is 3.86. The molecule has 74 valence electrons. The summed E-state index contributed by atoms with van der Waals surface area (Å²) < 4.78 is 0. The number of hydrogen-bond donors (Lipinski definition) is 2. The first kappa shape index (κ1) is 10.5. The molecule has 0 unspecified atom stereocenters. The molecule has 2 N–H and O–H groups in total. The Hall–Kier alpha value is -1.62. The summed E-state index contributed by atoms with van der Waals surface area (Å²) in [6.45, 7) is 0.431. The standard InChI is InChI=1S/C9H9NO3S/c11-8(3-4-9(12)13)10-6-7-2-1-5-14-7/h1-5H,6H2,(H,10,11)(H,12,13). The zero-order chi connectivity index (χ0) is 10.4. The van der Waals surface area contributed by atoms with E-state index in [1.54, 1.807) is 0 Å². The number of carbonyl (C=O) groups excluding carboxylic acids is 1. The number of nitrogens with one attached hydrogen (secondary N) is 1. The second-order valence-electron chi connectivity index (χ2n) is 2.47. The average molecular weight is 211 g/mol. The van der Waals surface area contributed by atoms with E-state index in [2.05, 4.69) is 5.32 Å². The van der Waals surface area contributed by atoms with Crippen LogP contribution in [0, 0.1) is 0 Å². The van der Waals surface area contributed by atoms with Crippen LogP contribution in [0.4, 0.5) is 0 Å². The number of amides is 1. The Kier molecular flexibility index (Phi) is 3.87. The lowest BCUT2D eigenvalue weighted by atomic mass is 10.4. The van der Waals surface area contributed by atoms with E-state index in [-0.39, 0.29) is 0 Å². The van der Waals surface area contributed by atoms with Crippen LogP contribution in [0.25, 0.3) is 0 Å². The van der Waals surface area contributed by atoms with E-state index in [0.29, 0.717) is 6.54 Å². The highest BCUT2D eigenvalue weighted by Gasteiger charge is 1.97. The molecule has 1 aromatic rings. The first-order valence-corrected chi connectivity index (χ1v) is 4.77. The number of hydrogen-bond acceptors (Lipinski definition) is 3. The van der Waals surface area contributed by atoms with Crippen LogP contribution in [-0.2, 0) is 16.1 Å². The van der Waals surface area contributed by atoms with Crippen molar-refractivity contribution in [3.05, 3.63) is 34.5 Å². The van der Waals surface area contributed by atoms with Gasteiger partial charge in [0.15, 0.2) is 0 Å². The van der Waals surface area contributed by atoms with E-state index >= 15 is 0 Å². The van der Waals surface area contributed by atoms with Crippen molar-refractivity contribution < 1.29 is 14.7 Å². The minimum atomic E-state index is -1.13. The monoisotopic (exact) mass is 211 g/mol. The van der Waals surface area contributed by atoms with Crippen LogP contribution in [0.2, 0.25) is 0 Å². The molecule has 0 aliphatic heterocycles. The van der Waals surface area contributed by atoms with Gasteiger partial charge in [-0.3, -0.25) is 4.79 Å². The van der Waals surface area contributed by atoms with Gasteiger partial charge in [-0.05, 0) is 11.4 Å². The number of aliphatic carboxylic acids is 1. The third-order valence-electron chi connectivity index (χ3n) is 1.39. The minimum Gasteiger partial charge on any atom is -0.478 e. The third-order valence-corrected chi connectivity index (χ3v) is 2.27. The van der Waals surface area contributed by atoms with Gasteiger partial charge in [0.2, 0.25) is 5.91 Å². The summed E-state index contributed by atoms with van der Waals surface area (Å²) in [7, 11) is 0. The Bertz CT molecular complexity index is 343. The Morgan fingerprint density at radius 2 is 2.29 bits per heavy atom. The molecule has 14 heavy (non-hydrogen) atoms. The second kappa shape index (κ2) is 5.18. The Balaban J connectivity index is 2.32. The van der Waals surface area contributed by atoms with E-state index in [1.807, 2.05) is 17.5 Å². The largest absolute Gasteiger partial charge is 0.478 e. The summed E-state index contributed by atoms with van der Waals surface area (Å²) in [6, 6.07) is 3.78. The SMILES string of the molecule is O=C(O)C=CC(=O)NCc1cccs1. The maximum absolute atomic E-state index is 11.0. The molecule has 1 aromatic heterocycles. The molecule has 0 aliphatic rings. The molecule has 0 bridgehead atoms. The predicted octanol–water partition coefficient (Wildman–Crippen LogP) is 1.01. The van der Waals surface area contributed by atoms with Crippen molar-refractivity contribution in [3.8, 4) is 0 Å². The van der Waals surface area contributed by atoms with Gasteiger partial charge < -0.3 is 10.4 Å². The van der Waals surface area contributed by atoms with E-state index in [9.17, 15) is 9.59 Å². The highest BCUT2D eigenvalue weighted by Crippen LogP contribution is 2.06. The molecule has 1 heterocycles. The zero-order valence-corrected chi connectivity index (χ0v) is 8.08. The Morgan fingerprint density at radius 3 is 2.86 bits per heavy atom. The molecule has 0 aromatic carbocycles. The molecule has 0 aliphatic carbocycles. The molecule has 0 saturated carbocycles. The highest BCUT2D eigenvalue weighted by atomic mass is 32.1. The van der Waals surface area contributed by atoms with E-state index in [1.165, 1.54) is 11.3 Å². The molecule has 0 fully saturated rings. The molecule has 0 spiro atoms. The normalized spacial score (nSPS) is 10.3. The summed E-state index contributed by atoms with van der Waals surface area (Å²) in [4.78, 5) is 22.1. The molecule has 4 nitrogen and oxygen atoms in total. The molecular weight excluding hydrogens is 202 g/mol. The molecule has 1 amide bonds. The Morgan fingerprint density at radius 1 is 1.50 bits per heavy atom. The number of carbonyl (C=O) groups is 2. The fourth-order valence-electron chi connectivity index (χ4n) is 0.793. The fraction of sp³-hybridized carbons (Fsp3) is 0.111. The van der Waals surface area contributed by atoms with Crippen LogP contribution in [0.15, 0.2) is 29.7 Å². The van der Waals surface area contributed by atoms with E-state index < -0.39 is 11.9 Å². The summed E-state index contributed by atoms with van der Waals surface area (Å²) in [5, 5.41) is 12.7. The summed E-state index contributed by atoms with van der Waals surface area (Å²) in [5.41, 5.74) is 0. The molecule has 0 atom stereocenters. The fourth-order valence-corrected chi connectivity index (χ4v) is 1.44. The first-order valence-electron chi connectivity index (χ1n) is 3.89. The predicted molar refractivity (Wildman–Crippen MR) is 52.9 cm³/mol. The van der Waals surface area contributed by atoms with Crippen molar-refractivity contribution in [1.29, 1.82) is 0 Å². The van der Waals surface area contributed by atoms with Gasteiger partial charge in [0.05, 0.1) is 6.54 Å². The molecule has 1 rings (SSSR count). The van der Waals surface area contributed by atoms with E-state index in [4.69, 9.17) is 5.11 Å². The molecule has 0 saturated heterocycles. The van der Waals surface area contributed by atoms with Crippen molar-refractivity contribution in [3.63, 3.8) is 0 Å². The molecule has 0 radical (unpaired) electrons. The van der Waals surface area contributed by atoms with Crippen molar-refractivity contribution in [2.45, 2.75) is 6.54 Å². The van der Waals surface area contributed by atoms with Gasteiger partial charge in [0.25, 0.3) is 0 Å². The molecule has 5 heteroatoms. The average Bonchev–Trinajstić information content (AvgIpc) is 2.63. The van der Waals surface area contributed by atoms with Crippen molar-refractivity contribution >= 4 is 23.2 Å². The van der Waals surface area contributed by atoms with Crippen molar-refractivity contribution in [2.75, 3.05) is 0 Å². The maximum Gasteiger partial charge on any atom is 0.328 e. The minimum absolute atomic E-state index is 0.402. The number of carboxylic acid groups (broad SMARTS) is 1. The van der Waals surface area contributed by atoms with Gasteiger partial charge in [-0.2, -0.15) is 0 Å². The van der Waals surface area contributed by atoms with E-state index in [0.717, 1.165) is 17.0 Å². The van der Waals surface area contributed by atoms with Crippen molar-refractivity contribution in [1.82, 2.24) is 5.32 Å². The number of rotatable bonds is 4. The highest BCUT2D eigenvalue weighted by molar-refractivity contribution is 7.09. The lowest BCUT2D eigenvalue weighted by molar-refractivity contribution is -0.131. The van der Waals surface area contributed by atoms with Crippen LogP contribution < -0.4 is 5.32 Å². The van der Waals surface area contributed by atoms with Gasteiger partial charge >= 0.3 is 5.97 Å².